The van der Waals surface area contributed by atoms with E-state index in [9.17, 15) is 13.6 Å². The molecule has 4 heterocycles. The van der Waals surface area contributed by atoms with Gasteiger partial charge in [-0.3, -0.25) is 0 Å². The Morgan fingerprint density at radius 2 is 2.14 bits per heavy atom. The van der Waals surface area contributed by atoms with Gasteiger partial charge in [0.15, 0.2) is 5.65 Å². The van der Waals surface area contributed by atoms with Gasteiger partial charge in [-0.15, -0.1) is 0 Å². The van der Waals surface area contributed by atoms with E-state index in [0.29, 0.717) is 22.7 Å². The average molecular weight is 490 g/mol. The first-order valence-electron chi connectivity index (χ1n) is 11.3. The molecule has 0 unspecified atom stereocenters. The van der Waals surface area contributed by atoms with Crippen molar-refractivity contribution in [3.8, 4) is 5.88 Å². The number of nitrogens with two attached hydrogens (primary N) is 1. The van der Waals surface area contributed by atoms with Crippen molar-refractivity contribution in [2.45, 2.75) is 58.0 Å². The molecule has 10 nitrogen and oxygen atoms in total. The number of fused-ring (bicyclic) bond motifs is 1. The standard InChI is InChI=1S/C23H29F2N7O3/c1-13(35-22(33)30-23(2,3)4)12-34-21-16(7-14(24)9-27-21)18-8-15(25)11-31(18)19-5-6-32-20(29-19)17(26)10-28-32/h5-7,9-10,13,15,18H,8,11-12,26H2,1-4H3,(H,30,33)/t13-,15-,18+/m0/s1. The second-order valence-electron chi connectivity index (χ2n) is 9.60. The van der Waals surface area contributed by atoms with Gasteiger partial charge in [0, 0.05) is 23.7 Å². The number of carbonyl (C=O) groups is 1. The van der Waals surface area contributed by atoms with Crippen molar-refractivity contribution in [3.63, 3.8) is 0 Å². The van der Waals surface area contributed by atoms with Crippen LogP contribution in [0.1, 0.15) is 45.7 Å². The first-order chi connectivity index (χ1) is 16.5. The number of aromatic nitrogens is 4. The van der Waals surface area contributed by atoms with Crippen molar-refractivity contribution >= 4 is 23.2 Å². The van der Waals surface area contributed by atoms with Crippen LogP contribution < -0.4 is 20.7 Å². The number of alkyl halides is 1. The molecule has 1 aliphatic heterocycles. The summed E-state index contributed by atoms with van der Waals surface area (Å²) in [4.78, 5) is 22.4. The van der Waals surface area contributed by atoms with Crippen LogP contribution >= 0.6 is 0 Å². The van der Waals surface area contributed by atoms with Crippen molar-refractivity contribution in [2.75, 3.05) is 23.8 Å². The van der Waals surface area contributed by atoms with Gasteiger partial charge >= 0.3 is 6.09 Å². The summed E-state index contributed by atoms with van der Waals surface area (Å²) in [5.74, 6) is 0.0274. The molecule has 0 aliphatic carbocycles. The predicted molar refractivity (Wildman–Crippen MR) is 126 cm³/mol. The van der Waals surface area contributed by atoms with Crippen LogP contribution in [0.4, 0.5) is 25.1 Å². The molecule has 3 aromatic heterocycles. The monoisotopic (exact) mass is 489 g/mol. The second kappa shape index (κ2) is 9.51. The van der Waals surface area contributed by atoms with Crippen LogP contribution in [-0.4, -0.2) is 56.6 Å². The summed E-state index contributed by atoms with van der Waals surface area (Å²) in [6.07, 6.45) is 1.94. The van der Waals surface area contributed by atoms with E-state index < -0.39 is 35.8 Å². The van der Waals surface area contributed by atoms with Crippen LogP contribution in [-0.2, 0) is 4.74 Å². The van der Waals surface area contributed by atoms with Crippen LogP contribution in [0.3, 0.4) is 0 Å². The lowest BCUT2D eigenvalue weighted by molar-refractivity contribution is 0.0689. The van der Waals surface area contributed by atoms with Crippen LogP contribution in [0, 0.1) is 5.82 Å². The highest BCUT2D eigenvalue weighted by Crippen LogP contribution is 2.40. The molecule has 188 valence electrons. The summed E-state index contributed by atoms with van der Waals surface area (Å²) in [6, 6.07) is 2.39. The topological polar surface area (TPSA) is 120 Å². The van der Waals surface area contributed by atoms with Crippen molar-refractivity contribution in [1.29, 1.82) is 0 Å². The third-order valence-electron chi connectivity index (χ3n) is 5.37. The first-order valence-corrected chi connectivity index (χ1v) is 11.3. The van der Waals surface area contributed by atoms with Crippen molar-refractivity contribution in [1.82, 2.24) is 24.9 Å². The van der Waals surface area contributed by atoms with E-state index in [0.717, 1.165) is 6.20 Å². The van der Waals surface area contributed by atoms with Crippen molar-refractivity contribution < 1.29 is 23.0 Å². The van der Waals surface area contributed by atoms with Gasteiger partial charge in [-0.2, -0.15) is 5.10 Å². The van der Waals surface area contributed by atoms with Gasteiger partial charge in [-0.25, -0.2) is 28.1 Å². The van der Waals surface area contributed by atoms with E-state index in [1.807, 2.05) is 20.8 Å². The number of anilines is 2. The number of hydrogen-bond acceptors (Lipinski definition) is 8. The summed E-state index contributed by atoms with van der Waals surface area (Å²) < 4.78 is 41.5. The van der Waals surface area contributed by atoms with Crippen LogP contribution in [0.15, 0.2) is 30.7 Å². The van der Waals surface area contributed by atoms with E-state index in [4.69, 9.17) is 15.2 Å². The number of alkyl carbamates (subject to hydrolysis) is 1. The molecule has 12 heteroatoms. The molecule has 0 bridgehead atoms. The Morgan fingerprint density at radius 1 is 1.37 bits per heavy atom. The molecule has 1 amide bonds. The molecule has 0 radical (unpaired) electrons. The fourth-order valence-corrected chi connectivity index (χ4v) is 3.92. The maximum Gasteiger partial charge on any atom is 0.407 e. The zero-order valence-electron chi connectivity index (χ0n) is 20.0. The Morgan fingerprint density at radius 3 is 2.89 bits per heavy atom. The number of pyridine rings is 1. The Balaban J connectivity index is 1.54. The van der Waals surface area contributed by atoms with E-state index >= 15 is 0 Å². The highest BCUT2D eigenvalue weighted by Gasteiger charge is 2.37. The molecule has 3 N–H and O–H groups in total. The van der Waals surface area contributed by atoms with Crippen LogP contribution in [0.5, 0.6) is 5.88 Å². The summed E-state index contributed by atoms with van der Waals surface area (Å²) in [5, 5.41) is 6.80. The Labute approximate surface area is 201 Å². The molecule has 1 saturated heterocycles. The second-order valence-corrected chi connectivity index (χ2v) is 9.60. The van der Waals surface area contributed by atoms with E-state index in [-0.39, 0.29) is 25.5 Å². The Hall–Kier alpha value is -3.70. The average Bonchev–Trinajstić information content (AvgIpc) is 3.33. The van der Waals surface area contributed by atoms with Gasteiger partial charge in [0.1, 0.15) is 30.5 Å². The highest BCUT2D eigenvalue weighted by atomic mass is 19.1. The molecule has 0 spiro atoms. The number of nitrogens with zero attached hydrogens (tertiary/aromatic N) is 5. The van der Waals surface area contributed by atoms with E-state index in [1.54, 1.807) is 24.1 Å². The number of hydrogen-bond donors (Lipinski definition) is 2. The minimum absolute atomic E-state index is 0.0223. The lowest BCUT2D eigenvalue weighted by Crippen LogP contribution is -2.42. The molecular weight excluding hydrogens is 460 g/mol. The fraction of sp³-hybridized carbons (Fsp3) is 0.478. The zero-order chi connectivity index (χ0) is 25.3. The zero-order valence-corrected chi connectivity index (χ0v) is 20.0. The molecule has 3 aromatic rings. The van der Waals surface area contributed by atoms with Gasteiger partial charge in [0.05, 0.1) is 30.7 Å². The smallest absolute Gasteiger partial charge is 0.407 e. The van der Waals surface area contributed by atoms with Crippen molar-refractivity contribution in [3.05, 3.63) is 42.1 Å². The minimum atomic E-state index is -1.17. The number of carbonyl (C=O) groups excluding carboxylic acids is 1. The summed E-state index contributed by atoms with van der Waals surface area (Å²) >= 11 is 0. The van der Waals surface area contributed by atoms with Crippen LogP contribution in [0.2, 0.25) is 0 Å². The minimum Gasteiger partial charge on any atom is -0.473 e. The Kier molecular flexibility index (Phi) is 6.64. The SMILES string of the molecule is C[C@@H](COc1ncc(F)cc1[C@H]1C[C@H](F)CN1c1ccn2ncc(N)c2n1)OC(=O)NC(C)(C)C. The third-order valence-corrected chi connectivity index (χ3v) is 5.37. The molecule has 35 heavy (non-hydrogen) atoms. The fourth-order valence-electron chi connectivity index (χ4n) is 3.92. The number of ether oxygens (including phenoxy) is 2. The maximum absolute atomic E-state index is 14.6. The molecule has 0 aromatic carbocycles. The lowest BCUT2D eigenvalue weighted by atomic mass is 10.1. The number of rotatable bonds is 6. The molecule has 0 saturated carbocycles. The maximum atomic E-state index is 14.6. The van der Waals surface area contributed by atoms with Crippen LogP contribution in [0.25, 0.3) is 5.65 Å². The number of amides is 1. The molecule has 1 fully saturated rings. The quantitative estimate of drug-likeness (QED) is 0.541. The normalized spacial score (nSPS) is 19.1. The number of halogens is 2. The predicted octanol–water partition coefficient (Wildman–Crippen LogP) is 3.43. The Bertz CT molecular complexity index is 1210. The number of nitrogen functional groups attached to an aromatic ring is 1. The lowest BCUT2D eigenvalue weighted by Gasteiger charge is -2.27. The van der Waals surface area contributed by atoms with Gasteiger partial charge in [0.25, 0.3) is 0 Å². The van der Waals surface area contributed by atoms with Gasteiger partial charge in [-0.1, -0.05) is 0 Å². The third kappa shape index (κ3) is 5.69. The molecule has 1 aliphatic rings. The summed E-state index contributed by atoms with van der Waals surface area (Å²) in [7, 11) is 0. The first kappa shape index (κ1) is 24.4. The largest absolute Gasteiger partial charge is 0.473 e. The molecule has 3 atom stereocenters. The molecular formula is C23H29F2N7O3. The van der Waals surface area contributed by atoms with Gasteiger partial charge < -0.3 is 25.4 Å². The summed E-state index contributed by atoms with van der Waals surface area (Å²) in [6.45, 7) is 7.21. The molecule has 4 rings (SSSR count). The van der Waals surface area contributed by atoms with Crippen molar-refractivity contribution in [2.24, 2.45) is 0 Å². The van der Waals surface area contributed by atoms with E-state index in [1.165, 1.54) is 16.8 Å². The highest BCUT2D eigenvalue weighted by molar-refractivity contribution is 5.68. The summed E-state index contributed by atoms with van der Waals surface area (Å²) in [5.41, 5.74) is 6.70. The van der Waals surface area contributed by atoms with Gasteiger partial charge in [-0.05, 0) is 39.8 Å². The number of nitrogens with one attached hydrogen (secondary N) is 1. The van der Waals surface area contributed by atoms with Gasteiger partial charge in [0.2, 0.25) is 5.88 Å². The van der Waals surface area contributed by atoms with E-state index in [2.05, 4.69) is 20.4 Å².